The summed E-state index contributed by atoms with van der Waals surface area (Å²) in [6.07, 6.45) is 1.06. The summed E-state index contributed by atoms with van der Waals surface area (Å²) in [5, 5.41) is 1.15. The number of imide groups is 1. The topological polar surface area (TPSA) is 105 Å². The smallest absolute Gasteiger partial charge is 0.262 e. The number of nitrogens with zero attached hydrogens (tertiary/aromatic N) is 3. The van der Waals surface area contributed by atoms with E-state index < -0.39 is 34.1 Å². The molecule has 37 heavy (non-hydrogen) atoms. The zero-order valence-electron chi connectivity index (χ0n) is 19.6. The molecule has 0 fully saturated rings. The Morgan fingerprint density at radius 3 is 2.22 bits per heavy atom. The first-order chi connectivity index (χ1) is 17.6. The van der Waals surface area contributed by atoms with Gasteiger partial charge in [0.15, 0.2) is 9.84 Å². The summed E-state index contributed by atoms with van der Waals surface area (Å²) in [6, 6.07) is 21.3. The monoisotopic (exact) mass is 533 g/mol. The molecule has 1 aliphatic rings. The zero-order valence-corrected chi connectivity index (χ0v) is 21.2. The minimum atomic E-state index is -3.71. The van der Waals surface area contributed by atoms with Crippen LogP contribution in [0.25, 0.3) is 10.9 Å². The Kier molecular flexibility index (Phi) is 6.26. The number of fused-ring (bicyclic) bond motifs is 2. The minimum absolute atomic E-state index is 0.0291. The van der Waals surface area contributed by atoms with Crippen molar-refractivity contribution in [2.24, 2.45) is 0 Å². The Balaban J connectivity index is 1.54. The van der Waals surface area contributed by atoms with Crippen LogP contribution in [-0.4, -0.2) is 48.8 Å². The van der Waals surface area contributed by atoms with Crippen molar-refractivity contribution in [1.29, 1.82) is 0 Å². The number of carbonyl (C=O) groups is 3. The lowest BCUT2D eigenvalue weighted by atomic mass is 10.1. The molecule has 0 atom stereocenters. The third-order valence-corrected chi connectivity index (χ3v) is 7.45. The van der Waals surface area contributed by atoms with Crippen molar-refractivity contribution in [3.63, 3.8) is 0 Å². The fourth-order valence-corrected chi connectivity index (χ4v) is 5.36. The number of hydrogen-bond acceptors (Lipinski definition) is 6. The molecule has 0 bridgehead atoms. The predicted molar refractivity (Wildman–Crippen MR) is 139 cm³/mol. The van der Waals surface area contributed by atoms with Gasteiger partial charge >= 0.3 is 0 Å². The maximum Gasteiger partial charge on any atom is 0.262 e. The number of anilines is 1. The van der Waals surface area contributed by atoms with E-state index in [2.05, 4.69) is 4.98 Å². The Morgan fingerprint density at radius 2 is 1.54 bits per heavy atom. The van der Waals surface area contributed by atoms with Gasteiger partial charge < -0.3 is 4.90 Å². The first kappa shape index (κ1) is 24.6. The summed E-state index contributed by atoms with van der Waals surface area (Å²) >= 11 is 6.04. The molecular formula is C27H20ClN3O5S. The highest BCUT2D eigenvalue weighted by molar-refractivity contribution is 7.90. The van der Waals surface area contributed by atoms with Crippen LogP contribution in [0.5, 0.6) is 0 Å². The lowest BCUT2D eigenvalue weighted by molar-refractivity contribution is -0.119. The molecule has 3 aromatic carbocycles. The molecule has 3 amide bonds. The number of rotatable bonds is 6. The highest BCUT2D eigenvalue weighted by Gasteiger charge is 2.37. The van der Waals surface area contributed by atoms with Gasteiger partial charge in [0.2, 0.25) is 5.91 Å². The molecule has 0 N–H and O–H groups in total. The van der Waals surface area contributed by atoms with Gasteiger partial charge in [0.05, 0.1) is 33.8 Å². The number of amides is 3. The average Bonchev–Trinajstić information content (AvgIpc) is 3.11. The number of carbonyl (C=O) groups excluding carboxylic acids is 3. The second-order valence-corrected chi connectivity index (χ2v) is 11.0. The van der Waals surface area contributed by atoms with Crippen molar-refractivity contribution in [2.75, 3.05) is 17.7 Å². The molecule has 186 valence electrons. The molecule has 10 heteroatoms. The number of aromatic nitrogens is 1. The van der Waals surface area contributed by atoms with Crippen molar-refractivity contribution in [3.05, 3.63) is 101 Å². The van der Waals surface area contributed by atoms with Crippen molar-refractivity contribution < 1.29 is 22.8 Å². The summed E-state index contributed by atoms with van der Waals surface area (Å²) in [4.78, 5) is 45.9. The van der Waals surface area contributed by atoms with Gasteiger partial charge in [0, 0.05) is 11.6 Å². The summed E-state index contributed by atoms with van der Waals surface area (Å²) in [5.41, 5.74) is 1.85. The molecule has 8 nitrogen and oxygen atoms in total. The van der Waals surface area contributed by atoms with Crippen molar-refractivity contribution in [1.82, 2.24) is 9.88 Å². The maximum atomic E-state index is 13.7. The van der Waals surface area contributed by atoms with Crippen LogP contribution in [0, 0.1) is 0 Å². The van der Waals surface area contributed by atoms with Gasteiger partial charge in [-0.25, -0.2) is 13.4 Å². The van der Waals surface area contributed by atoms with Crippen LogP contribution in [-0.2, 0) is 21.2 Å². The normalized spacial score (nSPS) is 13.2. The molecule has 0 radical (unpaired) electrons. The molecule has 0 saturated heterocycles. The summed E-state index contributed by atoms with van der Waals surface area (Å²) in [5.74, 6) is -1.77. The summed E-state index contributed by atoms with van der Waals surface area (Å²) < 4.78 is 25.1. The van der Waals surface area contributed by atoms with Gasteiger partial charge in [-0.1, -0.05) is 48.0 Å². The van der Waals surface area contributed by atoms with Crippen LogP contribution in [0.2, 0.25) is 5.15 Å². The fraction of sp³-hybridized carbons (Fsp3) is 0.111. The lowest BCUT2D eigenvalue weighted by Crippen LogP contribution is -2.43. The number of benzene rings is 3. The van der Waals surface area contributed by atoms with Crippen LogP contribution >= 0.6 is 11.6 Å². The number of halogens is 1. The second-order valence-electron chi connectivity index (χ2n) is 8.62. The van der Waals surface area contributed by atoms with Gasteiger partial charge in [-0.05, 0) is 48.0 Å². The van der Waals surface area contributed by atoms with E-state index in [9.17, 15) is 22.8 Å². The van der Waals surface area contributed by atoms with Crippen molar-refractivity contribution in [3.8, 4) is 0 Å². The lowest BCUT2D eigenvalue weighted by Gasteiger charge is -2.27. The quantitative estimate of drug-likeness (QED) is 0.273. The second kappa shape index (κ2) is 9.42. The molecule has 1 aromatic heterocycles. The molecule has 0 unspecified atom stereocenters. The number of sulfone groups is 1. The van der Waals surface area contributed by atoms with E-state index in [1.165, 1.54) is 29.2 Å². The van der Waals surface area contributed by atoms with Gasteiger partial charge in [0.1, 0.15) is 11.7 Å². The third-order valence-electron chi connectivity index (χ3n) is 6.09. The third kappa shape index (κ3) is 4.71. The molecule has 5 rings (SSSR count). The van der Waals surface area contributed by atoms with Crippen molar-refractivity contribution in [2.45, 2.75) is 11.4 Å². The molecular weight excluding hydrogens is 514 g/mol. The van der Waals surface area contributed by atoms with Gasteiger partial charge in [-0.15, -0.1) is 0 Å². The molecule has 0 aliphatic carbocycles. The highest BCUT2D eigenvalue weighted by atomic mass is 35.5. The molecule has 4 aromatic rings. The zero-order chi connectivity index (χ0) is 26.3. The van der Waals surface area contributed by atoms with E-state index in [0.717, 1.165) is 16.5 Å². The maximum absolute atomic E-state index is 13.7. The standard InChI is InChI=1S/C27H20ClN3O5S/c1-37(35,36)23-9-5-4-8-22(23)30(15-17-10-11-18-12-13-24(28)29-21(18)14-17)25(32)16-31-26(33)19-6-2-3-7-20(19)27(31)34/h2-14H,15-16H2,1H3. The first-order valence-corrected chi connectivity index (χ1v) is 13.5. The van der Waals surface area contributed by atoms with E-state index in [1.807, 2.05) is 12.1 Å². The SMILES string of the molecule is CS(=O)(=O)c1ccccc1N(Cc1ccc2ccc(Cl)nc2c1)C(=O)CN1C(=O)c2ccccc2C1=O. The van der Waals surface area contributed by atoms with E-state index in [1.54, 1.807) is 42.5 Å². The fourth-order valence-electron chi connectivity index (χ4n) is 4.32. The summed E-state index contributed by atoms with van der Waals surface area (Å²) in [7, 11) is -3.71. The van der Waals surface area contributed by atoms with E-state index in [-0.39, 0.29) is 28.3 Å². The Hall–Kier alpha value is -4.08. The Morgan fingerprint density at radius 1 is 0.919 bits per heavy atom. The Bertz CT molecular complexity index is 1670. The van der Waals surface area contributed by atoms with Crippen LogP contribution in [0.4, 0.5) is 5.69 Å². The minimum Gasteiger partial charge on any atom is -0.305 e. The van der Waals surface area contributed by atoms with Crippen LogP contribution in [0.1, 0.15) is 26.3 Å². The van der Waals surface area contributed by atoms with Crippen LogP contribution < -0.4 is 4.90 Å². The first-order valence-electron chi connectivity index (χ1n) is 11.2. The predicted octanol–water partition coefficient (Wildman–Crippen LogP) is 4.12. The van der Waals surface area contributed by atoms with Gasteiger partial charge in [-0.2, -0.15) is 0 Å². The van der Waals surface area contributed by atoms with Crippen LogP contribution in [0.15, 0.2) is 83.8 Å². The summed E-state index contributed by atoms with van der Waals surface area (Å²) in [6.45, 7) is -0.583. The molecule has 1 aliphatic heterocycles. The number of para-hydroxylation sites is 1. The number of hydrogen-bond donors (Lipinski definition) is 0. The van der Waals surface area contributed by atoms with Crippen LogP contribution in [0.3, 0.4) is 0 Å². The van der Waals surface area contributed by atoms with E-state index >= 15 is 0 Å². The largest absolute Gasteiger partial charge is 0.305 e. The van der Waals surface area contributed by atoms with Gasteiger partial charge in [0.25, 0.3) is 11.8 Å². The number of pyridine rings is 1. The van der Waals surface area contributed by atoms with Crippen molar-refractivity contribution >= 4 is 55.8 Å². The average molecular weight is 534 g/mol. The molecule has 0 saturated carbocycles. The molecule has 2 heterocycles. The highest BCUT2D eigenvalue weighted by Crippen LogP contribution is 2.29. The van der Waals surface area contributed by atoms with E-state index in [0.29, 0.717) is 16.2 Å². The molecule has 0 spiro atoms. The Labute approximate surface area is 218 Å². The van der Waals surface area contributed by atoms with Gasteiger partial charge in [-0.3, -0.25) is 19.3 Å². The van der Waals surface area contributed by atoms with E-state index in [4.69, 9.17) is 11.6 Å².